The topological polar surface area (TPSA) is 53.6 Å². The highest BCUT2D eigenvalue weighted by molar-refractivity contribution is 5.48. The van der Waals surface area contributed by atoms with Crippen LogP contribution in [0.1, 0.15) is 24.0 Å². The zero-order valence-electron chi connectivity index (χ0n) is 8.34. The molecule has 0 aliphatic heterocycles. The Morgan fingerprint density at radius 3 is 2.33 bits per heavy atom. The van der Waals surface area contributed by atoms with Crippen molar-refractivity contribution in [1.29, 1.82) is 0 Å². The van der Waals surface area contributed by atoms with Crippen molar-refractivity contribution in [2.24, 2.45) is 0 Å². The lowest BCUT2D eigenvalue weighted by Crippen LogP contribution is -1.95. The molecule has 1 aromatic heterocycles. The molecular weight excluding hydrogens is 192 g/mol. The third-order valence-corrected chi connectivity index (χ3v) is 2.54. The van der Waals surface area contributed by atoms with E-state index < -0.39 is 0 Å². The van der Waals surface area contributed by atoms with Gasteiger partial charge in [0.15, 0.2) is 0 Å². The first-order chi connectivity index (χ1) is 7.20. The molecule has 15 heavy (non-hydrogen) atoms. The van der Waals surface area contributed by atoms with Crippen molar-refractivity contribution < 1.29 is 14.6 Å². The van der Waals surface area contributed by atoms with Gasteiger partial charge in [0.2, 0.25) is 0 Å². The standard InChI is InChI=1S/C12H12O3/c1-8(9-5-6-15-7-9)12-10(13)3-2-4-11(12)14/h2-8,13-14H,1H3. The summed E-state index contributed by atoms with van der Waals surface area (Å²) < 4.78 is 4.97. The number of furan rings is 1. The first kappa shape index (κ1) is 9.65. The molecule has 0 saturated heterocycles. The molecule has 0 aliphatic carbocycles. The van der Waals surface area contributed by atoms with Gasteiger partial charge in [0, 0.05) is 11.5 Å². The number of rotatable bonds is 2. The summed E-state index contributed by atoms with van der Waals surface area (Å²) in [6.45, 7) is 1.90. The Morgan fingerprint density at radius 1 is 1.13 bits per heavy atom. The molecule has 0 spiro atoms. The van der Waals surface area contributed by atoms with E-state index in [0.717, 1.165) is 5.56 Å². The molecule has 3 heteroatoms. The van der Waals surface area contributed by atoms with E-state index in [2.05, 4.69) is 0 Å². The molecule has 0 saturated carbocycles. The zero-order chi connectivity index (χ0) is 10.8. The Labute approximate surface area is 87.6 Å². The summed E-state index contributed by atoms with van der Waals surface area (Å²) >= 11 is 0. The van der Waals surface area contributed by atoms with Crippen LogP contribution in [0.4, 0.5) is 0 Å². The Morgan fingerprint density at radius 2 is 1.80 bits per heavy atom. The Hall–Kier alpha value is -1.90. The van der Waals surface area contributed by atoms with Gasteiger partial charge in [-0.25, -0.2) is 0 Å². The van der Waals surface area contributed by atoms with Gasteiger partial charge in [-0.1, -0.05) is 13.0 Å². The number of hydrogen-bond acceptors (Lipinski definition) is 3. The van der Waals surface area contributed by atoms with Crippen LogP contribution < -0.4 is 0 Å². The van der Waals surface area contributed by atoms with E-state index in [1.807, 2.05) is 13.0 Å². The average Bonchev–Trinajstić information content (AvgIpc) is 2.69. The second kappa shape index (κ2) is 3.69. The van der Waals surface area contributed by atoms with Crippen molar-refractivity contribution in [3.8, 4) is 11.5 Å². The quantitative estimate of drug-likeness (QED) is 0.790. The third-order valence-electron chi connectivity index (χ3n) is 2.54. The van der Waals surface area contributed by atoms with Gasteiger partial charge in [-0.2, -0.15) is 0 Å². The molecule has 1 unspecified atom stereocenters. The number of phenols is 2. The highest BCUT2D eigenvalue weighted by atomic mass is 16.3. The van der Waals surface area contributed by atoms with E-state index in [1.54, 1.807) is 30.7 Å². The van der Waals surface area contributed by atoms with E-state index >= 15 is 0 Å². The van der Waals surface area contributed by atoms with E-state index in [-0.39, 0.29) is 17.4 Å². The number of phenolic OH excluding ortho intramolecular Hbond substituents is 2. The predicted molar refractivity (Wildman–Crippen MR) is 56.0 cm³/mol. The molecule has 0 fully saturated rings. The van der Waals surface area contributed by atoms with Crippen LogP contribution in [-0.2, 0) is 0 Å². The molecule has 2 N–H and O–H groups in total. The molecule has 1 atom stereocenters. The molecule has 2 aromatic rings. The molecule has 1 aromatic carbocycles. The summed E-state index contributed by atoms with van der Waals surface area (Å²) in [5.74, 6) is 0.109. The SMILES string of the molecule is CC(c1ccoc1)c1c(O)cccc1O. The second-order valence-electron chi connectivity index (χ2n) is 3.49. The zero-order valence-corrected chi connectivity index (χ0v) is 8.34. The fourth-order valence-corrected chi connectivity index (χ4v) is 1.67. The summed E-state index contributed by atoms with van der Waals surface area (Å²) in [5, 5.41) is 19.3. The minimum atomic E-state index is -0.0926. The van der Waals surface area contributed by atoms with Crippen LogP contribution in [0.25, 0.3) is 0 Å². The summed E-state index contributed by atoms with van der Waals surface area (Å²) in [6.07, 6.45) is 3.18. The van der Waals surface area contributed by atoms with Crippen molar-refractivity contribution in [1.82, 2.24) is 0 Å². The van der Waals surface area contributed by atoms with Gasteiger partial charge in [-0.15, -0.1) is 0 Å². The molecule has 0 radical (unpaired) electrons. The summed E-state index contributed by atoms with van der Waals surface area (Å²) in [7, 11) is 0. The monoisotopic (exact) mass is 204 g/mol. The van der Waals surface area contributed by atoms with Crippen molar-refractivity contribution in [3.05, 3.63) is 47.9 Å². The van der Waals surface area contributed by atoms with E-state index in [0.29, 0.717) is 5.56 Å². The first-order valence-electron chi connectivity index (χ1n) is 4.73. The second-order valence-corrected chi connectivity index (χ2v) is 3.49. The maximum atomic E-state index is 9.67. The van der Waals surface area contributed by atoms with Crippen molar-refractivity contribution in [2.45, 2.75) is 12.8 Å². The van der Waals surface area contributed by atoms with Gasteiger partial charge in [-0.3, -0.25) is 0 Å². The molecule has 2 rings (SSSR count). The van der Waals surface area contributed by atoms with Crippen LogP contribution in [0.15, 0.2) is 41.2 Å². The van der Waals surface area contributed by atoms with Crippen LogP contribution in [-0.4, -0.2) is 10.2 Å². The van der Waals surface area contributed by atoms with Crippen LogP contribution in [0, 0.1) is 0 Å². The van der Waals surface area contributed by atoms with Crippen molar-refractivity contribution >= 4 is 0 Å². The molecule has 0 amide bonds. The summed E-state index contributed by atoms with van der Waals surface area (Å²) in [4.78, 5) is 0. The predicted octanol–water partition coefficient (Wildman–Crippen LogP) is 2.84. The molecular formula is C12H12O3. The highest BCUT2D eigenvalue weighted by Gasteiger charge is 2.17. The number of benzene rings is 1. The van der Waals surface area contributed by atoms with Crippen molar-refractivity contribution in [2.75, 3.05) is 0 Å². The maximum Gasteiger partial charge on any atom is 0.123 e. The first-order valence-corrected chi connectivity index (χ1v) is 4.73. The third kappa shape index (κ3) is 1.68. The van der Waals surface area contributed by atoms with Gasteiger partial charge in [-0.05, 0) is 23.8 Å². The van der Waals surface area contributed by atoms with Gasteiger partial charge in [0.1, 0.15) is 11.5 Å². The normalized spacial score (nSPS) is 12.6. The molecule has 0 bridgehead atoms. The average molecular weight is 204 g/mol. The highest BCUT2D eigenvalue weighted by Crippen LogP contribution is 2.37. The van der Waals surface area contributed by atoms with Crippen LogP contribution in [0.3, 0.4) is 0 Å². The summed E-state index contributed by atoms with van der Waals surface area (Å²) in [6, 6.07) is 6.55. The lowest BCUT2D eigenvalue weighted by molar-refractivity contribution is 0.435. The lowest BCUT2D eigenvalue weighted by atomic mass is 9.94. The number of aromatic hydroxyl groups is 2. The van der Waals surface area contributed by atoms with Crippen LogP contribution in [0.2, 0.25) is 0 Å². The van der Waals surface area contributed by atoms with Crippen LogP contribution >= 0.6 is 0 Å². The molecule has 78 valence electrons. The Bertz CT molecular complexity index is 426. The van der Waals surface area contributed by atoms with Gasteiger partial charge in [0.25, 0.3) is 0 Å². The van der Waals surface area contributed by atoms with Gasteiger partial charge < -0.3 is 14.6 Å². The fraction of sp³-hybridized carbons (Fsp3) is 0.167. The van der Waals surface area contributed by atoms with E-state index in [1.165, 1.54) is 0 Å². The van der Waals surface area contributed by atoms with E-state index in [4.69, 9.17) is 4.42 Å². The maximum absolute atomic E-state index is 9.67. The molecule has 1 heterocycles. The minimum Gasteiger partial charge on any atom is -0.508 e. The Kier molecular flexibility index (Phi) is 2.37. The number of hydrogen-bond donors (Lipinski definition) is 2. The Balaban J connectivity index is 2.46. The largest absolute Gasteiger partial charge is 0.508 e. The van der Waals surface area contributed by atoms with Gasteiger partial charge >= 0.3 is 0 Å². The smallest absolute Gasteiger partial charge is 0.123 e. The fourth-order valence-electron chi connectivity index (χ4n) is 1.67. The minimum absolute atomic E-state index is 0.0926. The van der Waals surface area contributed by atoms with E-state index in [9.17, 15) is 10.2 Å². The molecule has 0 aliphatic rings. The van der Waals surface area contributed by atoms with Crippen LogP contribution in [0.5, 0.6) is 11.5 Å². The summed E-state index contributed by atoms with van der Waals surface area (Å²) in [5.41, 5.74) is 1.45. The van der Waals surface area contributed by atoms with Gasteiger partial charge in [0.05, 0.1) is 12.5 Å². The van der Waals surface area contributed by atoms with Crippen molar-refractivity contribution in [3.63, 3.8) is 0 Å². The lowest BCUT2D eigenvalue weighted by Gasteiger charge is -2.13. The molecule has 3 nitrogen and oxygen atoms in total.